The average Bonchev–Trinajstić information content (AvgIpc) is 2.21. The number of piperidine rings is 1. The molecule has 1 heterocycles. The first kappa shape index (κ1) is 10.3. The number of aliphatic imine (C=N–C) groups is 1. The molecule has 0 amide bonds. The molecule has 2 N–H and O–H groups in total. The highest BCUT2D eigenvalue weighted by molar-refractivity contribution is 5.85. The molecule has 0 saturated carbocycles. The van der Waals surface area contributed by atoms with Crippen molar-refractivity contribution >= 4 is 5.84 Å². The highest BCUT2D eigenvalue weighted by atomic mass is 15.0. The van der Waals surface area contributed by atoms with E-state index in [1.165, 1.54) is 12.8 Å². The van der Waals surface area contributed by atoms with E-state index < -0.39 is 0 Å². The summed E-state index contributed by atoms with van der Waals surface area (Å²) in [6, 6.07) is 0. The second kappa shape index (κ2) is 5.75. The zero-order valence-corrected chi connectivity index (χ0v) is 8.51. The van der Waals surface area contributed by atoms with Crippen molar-refractivity contribution in [1.82, 2.24) is 10.6 Å². The van der Waals surface area contributed by atoms with Gasteiger partial charge in [-0.15, -0.1) is 0 Å². The number of amidine groups is 1. The number of allylic oxidation sites excluding steroid dienone is 1. The van der Waals surface area contributed by atoms with E-state index in [1.54, 1.807) is 0 Å². The average molecular weight is 181 g/mol. The predicted octanol–water partition coefficient (Wildman–Crippen LogP) is 1.14. The minimum Gasteiger partial charge on any atom is -0.351 e. The van der Waals surface area contributed by atoms with Gasteiger partial charge in [0.15, 0.2) is 0 Å². The van der Waals surface area contributed by atoms with Crippen LogP contribution in [0.3, 0.4) is 0 Å². The van der Waals surface area contributed by atoms with Gasteiger partial charge < -0.3 is 10.6 Å². The van der Waals surface area contributed by atoms with E-state index >= 15 is 0 Å². The fourth-order valence-electron chi connectivity index (χ4n) is 1.62. The first-order chi connectivity index (χ1) is 6.38. The van der Waals surface area contributed by atoms with Crippen LogP contribution in [0.15, 0.2) is 17.3 Å². The molecule has 1 saturated heterocycles. The Bertz CT molecular complexity index is 190. The Morgan fingerprint density at radius 3 is 3.00 bits per heavy atom. The molecule has 74 valence electrons. The molecule has 1 atom stereocenters. The van der Waals surface area contributed by atoms with Crippen LogP contribution in [0, 0.1) is 5.92 Å². The van der Waals surface area contributed by atoms with E-state index in [2.05, 4.69) is 15.6 Å². The second-order valence-corrected chi connectivity index (χ2v) is 3.30. The summed E-state index contributed by atoms with van der Waals surface area (Å²) in [7, 11) is 1.85. The maximum Gasteiger partial charge on any atom is 0.104 e. The molecule has 13 heavy (non-hydrogen) atoms. The van der Waals surface area contributed by atoms with Gasteiger partial charge in [0.2, 0.25) is 0 Å². The Balaban J connectivity index is 2.45. The minimum absolute atomic E-state index is 0.565. The highest BCUT2D eigenvalue weighted by Gasteiger charge is 2.17. The summed E-state index contributed by atoms with van der Waals surface area (Å²) < 4.78 is 0. The van der Waals surface area contributed by atoms with Crippen molar-refractivity contribution in [2.24, 2.45) is 10.9 Å². The Hall–Kier alpha value is -0.830. The van der Waals surface area contributed by atoms with E-state index in [0.717, 1.165) is 18.9 Å². The predicted molar refractivity (Wildman–Crippen MR) is 56.9 cm³/mol. The Morgan fingerprint density at radius 2 is 2.46 bits per heavy atom. The molecule has 0 spiro atoms. The van der Waals surface area contributed by atoms with Gasteiger partial charge in [0.25, 0.3) is 0 Å². The van der Waals surface area contributed by atoms with Crippen LogP contribution in [-0.2, 0) is 0 Å². The van der Waals surface area contributed by atoms with Crippen molar-refractivity contribution in [1.29, 1.82) is 0 Å². The van der Waals surface area contributed by atoms with Gasteiger partial charge >= 0.3 is 0 Å². The second-order valence-electron chi connectivity index (χ2n) is 3.30. The van der Waals surface area contributed by atoms with Crippen molar-refractivity contribution in [3.8, 4) is 0 Å². The standard InChI is InChI=1S/C10H19N3/c1-3-6-13-10(11-2)9-5-4-7-12-8-9/h3,6,9,12H,4-5,7-8H2,1-2H3,(H,11,13)/b6-3-. The summed E-state index contributed by atoms with van der Waals surface area (Å²) in [5.41, 5.74) is 0. The molecule has 0 aromatic heterocycles. The van der Waals surface area contributed by atoms with Crippen molar-refractivity contribution in [2.45, 2.75) is 19.8 Å². The summed E-state index contributed by atoms with van der Waals surface area (Å²) in [4.78, 5) is 4.26. The quantitative estimate of drug-likeness (QED) is 0.495. The van der Waals surface area contributed by atoms with Crippen molar-refractivity contribution in [2.75, 3.05) is 20.1 Å². The molecule has 1 aliphatic rings. The van der Waals surface area contributed by atoms with Gasteiger partial charge in [-0.05, 0) is 32.5 Å². The fraction of sp³-hybridized carbons (Fsp3) is 0.700. The molecular formula is C10H19N3. The monoisotopic (exact) mass is 181 g/mol. The largest absolute Gasteiger partial charge is 0.351 e. The van der Waals surface area contributed by atoms with Gasteiger partial charge in [0.1, 0.15) is 5.84 Å². The van der Waals surface area contributed by atoms with E-state index in [1.807, 2.05) is 26.2 Å². The number of hydrogen-bond acceptors (Lipinski definition) is 2. The Kier molecular flexibility index (Phi) is 4.54. The summed E-state index contributed by atoms with van der Waals surface area (Å²) in [6.07, 6.45) is 6.42. The number of nitrogens with one attached hydrogen (secondary N) is 2. The summed E-state index contributed by atoms with van der Waals surface area (Å²) >= 11 is 0. The molecule has 1 rings (SSSR count). The molecular weight excluding hydrogens is 162 g/mol. The van der Waals surface area contributed by atoms with Gasteiger partial charge in [0, 0.05) is 19.5 Å². The normalized spacial score (nSPS) is 25.1. The number of rotatable bonds is 2. The summed E-state index contributed by atoms with van der Waals surface area (Å²) in [6.45, 7) is 4.20. The lowest BCUT2D eigenvalue weighted by Crippen LogP contribution is -2.39. The lowest BCUT2D eigenvalue weighted by Gasteiger charge is -2.23. The maximum absolute atomic E-state index is 4.26. The molecule has 1 aliphatic heterocycles. The third-order valence-electron chi connectivity index (χ3n) is 2.32. The minimum atomic E-state index is 0.565. The van der Waals surface area contributed by atoms with Crippen molar-refractivity contribution < 1.29 is 0 Å². The number of nitrogens with zero attached hydrogens (tertiary/aromatic N) is 1. The van der Waals surface area contributed by atoms with Crippen LogP contribution in [-0.4, -0.2) is 26.0 Å². The van der Waals surface area contributed by atoms with Gasteiger partial charge in [-0.2, -0.15) is 0 Å². The SMILES string of the molecule is C/C=C\NC(=NC)C1CCCNC1. The van der Waals surface area contributed by atoms with Crippen LogP contribution in [0.2, 0.25) is 0 Å². The molecule has 1 unspecified atom stereocenters. The van der Waals surface area contributed by atoms with Gasteiger partial charge in [-0.1, -0.05) is 6.08 Å². The molecule has 3 nitrogen and oxygen atoms in total. The number of hydrogen-bond donors (Lipinski definition) is 2. The lowest BCUT2D eigenvalue weighted by molar-refractivity contribution is 0.452. The van der Waals surface area contributed by atoms with Crippen molar-refractivity contribution in [3.05, 3.63) is 12.3 Å². The topological polar surface area (TPSA) is 36.4 Å². The Labute approximate surface area is 80.3 Å². The van der Waals surface area contributed by atoms with E-state index in [-0.39, 0.29) is 0 Å². The summed E-state index contributed by atoms with van der Waals surface area (Å²) in [5, 5.41) is 6.60. The summed E-state index contributed by atoms with van der Waals surface area (Å²) in [5.74, 6) is 1.67. The van der Waals surface area contributed by atoms with Gasteiger partial charge in [0.05, 0.1) is 0 Å². The zero-order chi connectivity index (χ0) is 9.52. The van der Waals surface area contributed by atoms with Gasteiger partial charge in [-0.3, -0.25) is 4.99 Å². The van der Waals surface area contributed by atoms with Crippen LogP contribution in [0.25, 0.3) is 0 Å². The third kappa shape index (κ3) is 3.19. The van der Waals surface area contributed by atoms with Crippen LogP contribution in [0.5, 0.6) is 0 Å². The molecule has 0 aromatic carbocycles. The lowest BCUT2D eigenvalue weighted by atomic mass is 9.98. The third-order valence-corrected chi connectivity index (χ3v) is 2.32. The van der Waals surface area contributed by atoms with Crippen LogP contribution < -0.4 is 10.6 Å². The fourth-order valence-corrected chi connectivity index (χ4v) is 1.62. The molecule has 3 heteroatoms. The van der Waals surface area contributed by atoms with Crippen LogP contribution in [0.4, 0.5) is 0 Å². The first-order valence-electron chi connectivity index (χ1n) is 4.93. The van der Waals surface area contributed by atoms with E-state index in [9.17, 15) is 0 Å². The van der Waals surface area contributed by atoms with Crippen LogP contribution in [0.1, 0.15) is 19.8 Å². The first-order valence-corrected chi connectivity index (χ1v) is 4.93. The maximum atomic E-state index is 4.26. The molecule has 0 aliphatic carbocycles. The smallest absolute Gasteiger partial charge is 0.104 e. The molecule has 0 aromatic rings. The zero-order valence-electron chi connectivity index (χ0n) is 8.51. The molecule has 1 fully saturated rings. The van der Waals surface area contributed by atoms with E-state index in [0.29, 0.717) is 5.92 Å². The van der Waals surface area contributed by atoms with Crippen molar-refractivity contribution in [3.63, 3.8) is 0 Å². The van der Waals surface area contributed by atoms with Crippen LogP contribution >= 0.6 is 0 Å². The highest BCUT2D eigenvalue weighted by Crippen LogP contribution is 2.10. The molecule has 0 bridgehead atoms. The van der Waals surface area contributed by atoms with E-state index in [4.69, 9.17) is 0 Å². The Morgan fingerprint density at radius 1 is 1.62 bits per heavy atom. The molecule has 0 radical (unpaired) electrons. The van der Waals surface area contributed by atoms with Gasteiger partial charge in [-0.25, -0.2) is 0 Å².